The van der Waals surface area contributed by atoms with E-state index < -0.39 is 0 Å². The molecule has 3 rings (SSSR count). The third-order valence-electron chi connectivity index (χ3n) is 4.89. The van der Waals surface area contributed by atoms with Crippen molar-refractivity contribution in [2.45, 2.75) is 19.4 Å². The molecule has 1 aliphatic heterocycles. The molecule has 0 unspecified atom stereocenters. The summed E-state index contributed by atoms with van der Waals surface area (Å²) in [6, 6.07) is 9.77. The van der Waals surface area contributed by atoms with Crippen molar-refractivity contribution >= 4 is 23.3 Å². The van der Waals surface area contributed by atoms with Gasteiger partial charge in [-0.2, -0.15) is 0 Å². The SMILES string of the molecule is COc1cc(COCC2CCN(C(=O)/C=C/c3cccs3)CC2)cc(OC)c1. The molecule has 1 fully saturated rings. The second-order valence-corrected chi connectivity index (χ2v) is 7.83. The molecule has 1 saturated heterocycles. The second kappa shape index (κ2) is 10.3. The normalized spacial score (nSPS) is 15.1. The highest BCUT2D eigenvalue weighted by Crippen LogP contribution is 2.24. The van der Waals surface area contributed by atoms with Crippen molar-refractivity contribution in [1.82, 2.24) is 4.90 Å². The number of rotatable bonds is 8. The maximum absolute atomic E-state index is 12.3. The van der Waals surface area contributed by atoms with Crippen molar-refractivity contribution in [3.05, 3.63) is 52.2 Å². The summed E-state index contributed by atoms with van der Waals surface area (Å²) >= 11 is 1.63. The zero-order chi connectivity index (χ0) is 19.8. The molecule has 6 heteroatoms. The fraction of sp³-hybridized carbons (Fsp3) is 0.409. The zero-order valence-electron chi connectivity index (χ0n) is 16.4. The number of amides is 1. The predicted molar refractivity (Wildman–Crippen MR) is 112 cm³/mol. The molecule has 1 aliphatic rings. The van der Waals surface area contributed by atoms with Gasteiger partial charge in [0.2, 0.25) is 5.91 Å². The Kier molecular flexibility index (Phi) is 7.51. The van der Waals surface area contributed by atoms with E-state index in [9.17, 15) is 4.79 Å². The summed E-state index contributed by atoms with van der Waals surface area (Å²) in [6.45, 7) is 2.80. The van der Waals surface area contributed by atoms with E-state index in [1.807, 2.05) is 46.7 Å². The number of carbonyl (C=O) groups is 1. The molecule has 28 heavy (non-hydrogen) atoms. The van der Waals surface area contributed by atoms with Gasteiger partial charge in [0.25, 0.3) is 0 Å². The van der Waals surface area contributed by atoms with Crippen LogP contribution in [0.15, 0.2) is 41.8 Å². The molecule has 0 atom stereocenters. The van der Waals surface area contributed by atoms with Gasteiger partial charge in [-0.25, -0.2) is 0 Å². The molecule has 0 bridgehead atoms. The van der Waals surface area contributed by atoms with Crippen molar-refractivity contribution in [2.24, 2.45) is 5.92 Å². The van der Waals surface area contributed by atoms with Gasteiger partial charge >= 0.3 is 0 Å². The van der Waals surface area contributed by atoms with Gasteiger partial charge in [-0.05, 0) is 54.0 Å². The molecule has 1 aromatic heterocycles. The zero-order valence-corrected chi connectivity index (χ0v) is 17.2. The molecule has 0 radical (unpaired) electrons. The minimum atomic E-state index is 0.0937. The molecule has 0 spiro atoms. The first kappa shape index (κ1) is 20.4. The van der Waals surface area contributed by atoms with Crippen LogP contribution in [0.25, 0.3) is 6.08 Å². The topological polar surface area (TPSA) is 48.0 Å². The smallest absolute Gasteiger partial charge is 0.246 e. The lowest BCUT2D eigenvalue weighted by atomic mass is 9.98. The summed E-state index contributed by atoms with van der Waals surface area (Å²) < 4.78 is 16.5. The van der Waals surface area contributed by atoms with Crippen LogP contribution in [-0.2, 0) is 16.1 Å². The number of benzene rings is 1. The number of piperidine rings is 1. The lowest BCUT2D eigenvalue weighted by molar-refractivity contribution is -0.127. The van der Waals surface area contributed by atoms with Crippen molar-refractivity contribution in [3.8, 4) is 11.5 Å². The van der Waals surface area contributed by atoms with Gasteiger partial charge in [0.15, 0.2) is 0 Å². The molecular formula is C22H27NO4S. The quantitative estimate of drug-likeness (QED) is 0.621. The van der Waals surface area contributed by atoms with E-state index in [0.717, 1.165) is 47.9 Å². The Morgan fingerprint density at radius 3 is 2.50 bits per heavy atom. The van der Waals surface area contributed by atoms with Crippen LogP contribution in [-0.4, -0.2) is 44.7 Å². The number of thiophene rings is 1. The van der Waals surface area contributed by atoms with E-state index >= 15 is 0 Å². The maximum Gasteiger partial charge on any atom is 0.246 e. The third kappa shape index (κ3) is 5.84. The van der Waals surface area contributed by atoms with Gasteiger partial charge in [-0.15, -0.1) is 11.3 Å². The van der Waals surface area contributed by atoms with Gasteiger partial charge in [0.05, 0.1) is 20.8 Å². The van der Waals surface area contributed by atoms with Crippen molar-refractivity contribution in [1.29, 1.82) is 0 Å². The Morgan fingerprint density at radius 2 is 1.89 bits per heavy atom. The van der Waals surface area contributed by atoms with Crippen LogP contribution in [0.5, 0.6) is 11.5 Å². The largest absolute Gasteiger partial charge is 0.497 e. The first-order valence-electron chi connectivity index (χ1n) is 9.48. The van der Waals surface area contributed by atoms with E-state index in [1.54, 1.807) is 31.6 Å². The number of carbonyl (C=O) groups excluding carboxylic acids is 1. The summed E-state index contributed by atoms with van der Waals surface area (Å²) in [6.07, 6.45) is 5.52. The first-order chi connectivity index (χ1) is 13.7. The molecular weight excluding hydrogens is 374 g/mol. The molecule has 150 valence electrons. The lowest BCUT2D eigenvalue weighted by Gasteiger charge is -2.31. The highest BCUT2D eigenvalue weighted by Gasteiger charge is 2.21. The third-order valence-corrected chi connectivity index (χ3v) is 5.73. The van der Waals surface area contributed by atoms with Gasteiger partial charge < -0.3 is 19.1 Å². The van der Waals surface area contributed by atoms with Crippen LogP contribution in [0, 0.1) is 5.92 Å². The Bertz CT molecular complexity index is 758. The Labute approximate surface area is 170 Å². The summed E-state index contributed by atoms with van der Waals surface area (Å²) in [7, 11) is 3.29. The van der Waals surface area contributed by atoms with Crippen LogP contribution in [0.4, 0.5) is 0 Å². The Morgan fingerprint density at radius 1 is 1.18 bits per heavy atom. The van der Waals surface area contributed by atoms with E-state index in [4.69, 9.17) is 14.2 Å². The number of hydrogen-bond donors (Lipinski definition) is 0. The lowest BCUT2D eigenvalue weighted by Crippen LogP contribution is -2.38. The van der Waals surface area contributed by atoms with E-state index in [1.165, 1.54) is 0 Å². The number of methoxy groups -OCH3 is 2. The summed E-state index contributed by atoms with van der Waals surface area (Å²) in [4.78, 5) is 15.3. The maximum atomic E-state index is 12.3. The molecule has 5 nitrogen and oxygen atoms in total. The number of nitrogens with zero attached hydrogens (tertiary/aromatic N) is 1. The number of hydrogen-bond acceptors (Lipinski definition) is 5. The highest BCUT2D eigenvalue weighted by atomic mass is 32.1. The monoisotopic (exact) mass is 401 g/mol. The molecule has 1 aromatic carbocycles. The average molecular weight is 402 g/mol. The molecule has 1 amide bonds. The van der Waals surface area contributed by atoms with E-state index in [-0.39, 0.29) is 5.91 Å². The van der Waals surface area contributed by atoms with Gasteiger partial charge in [0, 0.05) is 36.7 Å². The van der Waals surface area contributed by atoms with Crippen LogP contribution < -0.4 is 9.47 Å². The van der Waals surface area contributed by atoms with Crippen LogP contribution in [0.1, 0.15) is 23.3 Å². The summed E-state index contributed by atoms with van der Waals surface area (Å²) in [5.74, 6) is 2.11. The fourth-order valence-corrected chi connectivity index (χ4v) is 3.88. The van der Waals surface area contributed by atoms with Crippen molar-refractivity contribution in [3.63, 3.8) is 0 Å². The van der Waals surface area contributed by atoms with Crippen molar-refractivity contribution < 1.29 is 19.0 Å². The molecule has 0 saturated carbocycles. The minimum Gasteiger partial charge on any atom is -0.497 e. The molecule has 0 N–H and O–H groups in total. The van der Waals surface area contributed by atoms with Gasteiger partial charge in [0.1, 0.15) is 11.5 Å². The van der Waals surface area contributed by atoms with Gasteiger partial charge in [-0.1, -0.05) is 6.07 Å². The second-order valence-electron chi connectivity index (χ2n) is 6.85. The Hall–Kier alpha value is -2.31. The predicted octanol–water partition coefficient (Wildman–Crippen LogP) is 4.23. The van der Waals surface area contributed by atoms with Crippen LogP contribution in [0.2, 0.25) is 0 Å². The van der Waals surface area contributed by atoms with Gasteiger partial charge in [-0.3, -0.25) is 4.79 Å². The highest BCUT2D eigenvalue weighted by molar-refractivity contribution is 7.10. The van der Waals surface area contributed by atoms with E-state index in [2.05, 4.69) is 0 Å². The Balaban J connectivity index is 1.40. The average Bonchev–Trinajstić information content (AvgIpc) is 3.26. The number of likely N-dealkylation sites (tertiary alicyclic amines) is 1. The summed E-state index contributed by atoms with van der Waals surface area (Å²) in [5, 5.41) is 2.01. The molecule has 2 heterocycles. The van der Waals surface area contributed by atoms with Crippen LogP contribution in [0.3, 0.4) is 0 Å². The molecule has 2 aromatic rings. The first-order valence-corrected chi connectivity index (χ1v) is 10.4. The van der Waals surface area contributed by atoms with Crippen molar-refractivity contribution in [2.75, 3.05) is 33.9 Å². The minimum absolute atomic E-state index is 0.0937. The molecule has 0 aliphatic carbocycles. The summed E-state index contributed by atoms with van der Waals surface area (Å²) in [5.41, 5.74) is 1.03. The number of ether oxygens (including phenoxy) is 3. The van der Waals surface area contributed by atoms with Crippen LogP contribution >= 0.6 is 11.3 Å². The fourth-order valence-electron chi connectivity index (χ4n) is 3.26. The standard InChI is InChI=1S/C22H27NO4S/c1-25-19-12-18(13-20(14-19)26-2)16-27-15-17-7-9-23(10-8-17)22(24)6-5-21-4-3-11-28-21/h3-6,11-14,17H,7-10,15-16H2,1-2H3/b6-5+. The van der Waals surface area contributed by atoms with E-state index in [0.29, 0.717) is 19.1 Å².